The molecule has 1 aliphatic rings. The van der Waals surface area contributed by atoms with Crippen LogP contribution in [0.1, 0.15) is 18.1 Å². The van der Waals surface area contributed by atoms with E-state index in [1.807, 2.05) is 0 Å². The number of hydrogen-bond acceptors (Lipinski definition) is 5. The minimum atomic E-state index is -4.37. The number of amides is 1. The van der Waals surface area contributed by atoms with Gasteiger partial charge in [-0.3, -0.25) is 4.18 Å². The van der Waals surface area contributed by atoms with Crippen molar-refractivity contribution in [1.29, 1.82) is 0 Å². The van der Waals surface area contributed by atoms with Crippen LogP contribution >= 0.6 is 0 Å². The summed E-state index contributed by atoms with van der Waals surface area (Å²) in [6.45, 7) is 0.912. The van der Waals surface area contributed by atoms with Crippen LogP contribution < -0.4 is 0 Å². The molecule has 1 amide bonds. The standard InChI is InChI=1S/C17H16FNO5S/c1-17(14-9-5-6-10-15(14)18)12-24-25(21,22)19(17)16(20)23-11-13-7-3-2-4-8-13/h2-10H,11-12H2,1H3/t17-/m0/s1. The van der Waals surface area contributed by atoms with E-state index in [9.17, 15) is 17.6 Å². The highest BCUT2D eigenvalue weighted by Gasteiger charge is 2.54. The van der Waals surface area contributed by atoms with E-state index in [1.54, 1.807) is 36.4 Å². The van der Waals surface area contributed by atoms with Gasteiger partial charge >= 0.3 is 16.4 Å². The van der Waals surface area contributed by atoms with Crippen LogP contribution in [0.3, 0.4) is 0 Å². The molecular formula is C17H16FNO5S. The lowest BCUT2D eigenvalue weighted by Crippen LogP contribution is -2.47. The summed E-state index contributed by atoms with van der Waals surface area (Å²) in [5.74, 6) is -0.633. The van der Waals surface area contributed by atoms with Crippen LogP contribution in [-0.4, -0.2) is 25.4 Å². The van der Waals surface area contributed by atoms with Gasteiger partial charge in [-0.2, -0.15) is 12.7 Å². The van der Waals surface area contributed by atoms with E-state index < -0.39 is 34.4 Å². The number of nitrogens with zero attached hydrogens (tertiary/aromatic N) is 1. The Bertz CT molecular complexity index is 887. The van der Waals surface area contributed by atoms with Crippen molar-refractivity contribution in [2.24, 2.45) is 0 Å². The van der Waals surface area contributed by atoms with Crippen LogP contribution in [0.5, 0.6) is 0 Å². The van der Waals surface area contributed by atoms with Gasteiger partial charge in [0.1, 0.15) is 18.0 Å². The fourth-order valence-corrected chi connectivity index (χ4v) is 4.07. The van der Waals surface area contributed by atoms with Crippen molar-refractivity contribution in [1.82, 2.24) is 4.31 Å². The van der Waals surface area contributed by atoms with Crippen molar-refractivity contribution >= 4 is 16.4 Å². The van der Waals surface area contributed by atoms with E-state index >= 15 is 0 Å². The van der Waals surface area contributed by atoms with Crippen molar-refractivity contribution in [3.05, 3.63) is 71.5 Å². The molecule has 8 heteroatoms. The molecule has 0 saturated carbocycles. The van der Waals surface area contributed by atoms with Crippen molar-refractivity contribution in [3.8, 4) is 0 Å². The fourth-order valence-electron chi connectivity index (χ4n) is 2.70. The Kier molecular flexibility index (Phi) is 4.49. The summed E-state index contributed by atoms with van der Waals surface area (Å²) in [5.41, 5.74) is -0.800. The lowest BCUT2D eigenvalue weighted by atomic mass is 9.92. The van der Waals surface area contributed by atoms with Gasteiger partial charge in [-0.15, -0.1) is 0 Å². The van der Waals surface area contributed by atoms with Crippen molar-refractivity contribution in [2.75, 3.05) is 6.61 Å². The van der Waals surface area contributed by atoms with Crippen molar-refractivity contribution in [3.63, 3.8) is 0 Å². The second-order valence-electron chi connectivity index (χ2n) is 5.78. The molecule has 3 rings (SSSR count). The zero-order valence-electron chi connectivity index (χ0n) is 13.4. The Labute approximate surface area is 145 Å². The summed E-state index contributed by atoms with van der Waals surface area (Å²) in [4.78, 5) is 12.5. The van der Waals surface area contributed by atoms with E-state index in [0.29, 0.717) is 9.87 Å². The molecule has 0 unspecified atom stereocenters. The molecular weight excluding hydrogens is 349 g/mol. The van der Waals surface area contributed by atoms with E-state index in [-0.39, 0.29) is 12.2 Å². The van der Waals surface area contributed by atoms with Crippen LogP contribution in [0.4, 0.5) is 9.18 Å². The third kappa shape index (κ3) is 3.22. The fraction of sp³-hybridized carbons (Fsp3) is 0.235. The maximum absolute atomic E-state index is 14.2. The number of rotatable bonds is 3. The zero-order chi connectivity index (χ0) is 18.1. The first-order valence-corrected chi connectivity index (χ1v) is 8.86. The lowest BCUT2D eigenvalue weighted by molar-refractivity contribution is 0.0938. The maximum atomic E-state index is 14.2. The highest BCUT2D eigenvalue weighted by Crippen LogP contribution is 2.39. The van der Waals surface area contributed by atoms with E-state index in [1.165, 1.54) is 25.1 Å². The average molecular weight is 365 g/mol. The first-order valence-electron chi connectivity index (χ1n) is 7.50. The third-order valence-corrected chi connectivity index (χ3v) is 5.40. The molecule has 0 radical (unpaired) electrons. The largest absolute Gasteiger partial charge is 0.444 e. The van der Waals surface area contributed by atoms with Crippen molar-refractivity contribution < 1.29 is 26.5 Å². The van der Waals surface area contributed by atoms with Crippen molar-refractivity contribution in [2.45, 2.75) is 19.1 Å². The average Bonchev–Trinajstić information content (AvgIpc) is 2.84. The Morgan fingerprint density at radius 3 is 2.52 bits per heavy atom. The van der Waals surface area contributed by atoms with Crippen LogP contribution in [0.15, 0.2) is 54.6 Å². The highest BCUT2D eigenvalue weighted by atomic mass is 32.2. The summed E-state index contributed by atoms with van der Waals surface area (Å²) in [6.07, 6.45) is -1.12. The van der Waals surface area contributed by atoms with Gasteiger partial charge in [-0.25, -0.2) is 9.18 Å². The van der Waals surface area contributed by atoms with Crippen LogP contribution in [-0.2, 0) is 31.4 Å². The van der Waals surface area contributed by atoms with E-state index in [4.69, 9.17) is 8.92 Å². The minimum absolute atomic E-state index is 0.0349. The molecule has 1 aliphatic heterocycles. The van der Waals surface area contributed by atoms with Crippen LogP contribution in [0.25, 0.3) is 0 Å². The number of benzene rings is 2. The normalized spacial score (nSPS) is 21.9. The number of carbonyl (C=O) groups is 1. The quantitative estimate of drug-likeness (QED) is 0.836. The first-order chi connectivity index (χ1) is 11.8. The smallest absolute Gasteiger partial charge is 0.426 e. The summed E-state index contributed by atoms with van der Waals surface area (Å²) in [7, 11) is -4.37. The minimum Gasteiger partial charge on any atom is -0.444 e. The first kappa shape index (κ1) is 17.4. The predicted molar refractivity (Wildman–Crippen MR) is 87.1 cm³/mol. The number of halogens is 1. The SMILES string of the molecule is C[C@@]1(c2ccccc2F)COS(=O)(=O)N1C(=O)OCc1ccccc1. The molecule has 2 aromatic carbocycles. The molecule has 1 saturated heterocycles. The molecule has 6 nitrogen and oxygen atoms in total. The lowest BCUT2D eigenvalue weighted by Gasteiger charge is -2.30. The Morgan fingerprint density at radius 1 is 1.20 bits per heavy atom. The summed E-state index contributed by atoms with van der Waals surface area (Å²) >= 11 is 0. The van der Waals surface area contributed by atoms with E-state index in [0.717, 1.165) is 0 Å². The molecule has 0 bridgehead atoms. The third-order valence-electron chi connectivity index (χ3n) is 3.99. The molecule has 0 spiro atoms. The maximum Gasteiger partial charge on any atom is 0.426 e. The van der Waals surface area contributed by atoms with Gasteiger partial charge < -0.3 is 4.74 Å². The molecule has 25 heavy (non-hydrogen) atoms. The second-order valence-corrected chi connectivity index (χ2v) is 7.23. The molecule has 2 aromatic rings. The van der Waals surface area contributed by atoms with Crippen LogP contribution in [0.2, 0.25) is 0 Å². The molecule has 0 aromatic heterocycles. The number of hydrogen-bond donors (Lipinski definition) is 0. The molecule has 1 heterocycles. The highest BCUT2D eigenvalue weighted by molar-refractivity contribution is 7.85. The molecule has 132 valence electrons. The topological polar surface area (TPSA) is 72.9 Å². The molecule has 1 atom stereocenters. The van der Waals surface area contributed by atoms with Gasteiger partial charge in [0.2, 0.25) is 0 Å². The zero-order valence-corrected chi connectivity index (χ0v) is 14.2. The molecule has 1 fully saturated rings. The van der Waals surface area contributed by atoms with Gasteiger partial charge in [0, 0.05) is 5.56 Å². The number of ether oxygens (including phenoxy) is 1. The summed E-state index contributed by atoms with van der Waals surface area (Å²) in [6, 6.07) is 14.4. The molecule has 0 N–H and O–H groups in total. The predicted octanol–water partition coefficient (Wildman–Crippen LogP) is 2.95. The number of carbonyl (C=O) groups excluding carboxylic acids is 1. The van der Waals surface area contributed by atoms with Gasteiger partial charge in [0.05, 0.1) is 6.61 Å². The monoisotopic (exact) mass is 365 g/mol. The Morgan fingerprint density at radius 2 is 1.84 bits per heavy atom. The van der Waals surface area contributed by atoms with Crippen LogP contribution in [0, 0.1) is 5.82 Å². The summed E-state index contributed by atoms with van der Waals surface area (Å²) < 4.78 is 48.9. The van der Waals surface area contributed by atoms with Gasteiger partial charge in [0.25, 0.3) is 0 Å². The molecule has 0 aliphatic carbocycles. The summed E-state index contributed by atoms with van der Waals surface area (Å²) in [5, 5.41) is 0. The Balaban J connectivity index is 1.90. The Hall–Kier alpha value is -2.45. The van der Waals surface area contributed by atoms with Gasteiger partial charge in [-0.1, -0.05) is 48.5 Å². The van der Waals surface area contributed by atoms with Gasteiger partial charge in [0.15, 0.2) is 0 Å². The second kappa shape index (κ2) is 6.45. The van der Waals surface area contributed by atoms with Gasteiger partial charge in [-0.05, 0) is 18.6 Å². The van der Waals surface area contributed by atoms with E-state index in [2.05, 4.69) is 0 Å².